The van der Waals surface area contributed by atoms with Crippen LogP contribution in [0.5, 0.6) is 0 Å². The Kier molecular flexibility index (Phi) is 7.25. The second-order valence-corrected chi connectivity index (χ2v) is 14.2. The minimum Gasteiger partial charge on any atom is -0.310 e. The maximum absolute atomic E-state index is 2.44. The SMILES string of the molecule is Cc1ccc(N(c2ccc3c(c2)Cc2ccccc2-c2ccccc2Cc2ccccc2-3)c2ccc3c4ccccc4c4ccccc4c3c2)cc1. The molecule has 0 N–H and O–H groups in total. The van der Waals surface area contributed by atoms with Crippen LogP contribution in [0.4, 0.5) is 17.1 Å². The van der Waals surface area contributed by atoms with Crippen molar-refractivity contribution in [3.8, 4) is 22.3 Å². The van der Waals surface area contributed by atoms with Gasteiger partial charge in [0.15, 0.2) is 0 Å². The highest BCUT2D eigenvalue weighted by Crippen LogP contribution is 2.43. The largest absolute Gasteiger partial charge is 0.310 e. The van der Waals surface area contributed by atoms with Gasteiger partial charge in [-0.25, -0.2) is 0 Å². The third-order valence-corrected chi connectivity index (χ3v) is 11.0. The highest BCUT2D eigenvalue weighted by molar-refractivity contribution is 6.25. The molecule has 0 saturated carbocycles. The van der Waals surface area contributed by atoms with Crippen molar-refractivity contribution in [3.63, 3.8) is 0 Å². The molecule has 246 valence electrons. The van der Waals surface area contributed by atoms with Crippen molar-refractivity contribution < 1.29 is 0 Å². The number of aryl methyl sites for hydroxylation is 1. The maximum atomic E-state index is 2.44. The van der Waals surface area contributed by atoms with E-state index in [2.05, 4.69) is 194 Å². The van der Waals surface area contributed by atoms with Crippen LogP contribution in [0.25, 0.3) is 54.6 Å². The molecule has 0 amide bonds. The normalized spacial score (nSPS) is 12.2. The summed E-state index contributed by atoms with van der Waals surface area (Å²) in [4.78, 5) is 2.44. The number of rotatable bonds is 3. The number of nitrogens with zero attached hydrogens (tertiary/aromatic N) is 1. The molecule has 0 aromatic heterocycles. The van der Waals surface area contributed by atoms with E-state index in [9.17, 15) is 0 Å². The van der Waals surface area contributed by atoms with Crippen LogP contribution in [0, 0.1) is 6.92 Å². The molecule has 0 atom stereocenters. The van der Waals surface area contributed by atoms with E-state index >= 15 is 0 Å². The third kappa shape index (κ3) is 5.09. The lowest BCUT2D eigenvalue weighted by Crippen LogP contribution is -2.11. The van der Waals surface area contributed by atoms with Crippen molar-refractivity contribution in [2.45, 2.75) is 19.8 Å². The Hall–Kier alpha value is -6.44. The first-order valence-corrected chi connectivity index (χ1v) is 18.3. The Bertz CT molecular complexity index is 2770. The first-order valence-electron chi connectivity index (χ1n) is 18.3. The Morgan fingerprint density at radius 2 is 0.692 bits per heavy atom. The average Bonchev–Trinajstić information content (AvgIpc) is 3.20. The summed E-state index contributed by atoms with van der Waals surface area (Å²) in [6.07, 6.45) is 1.72. The zero-order chi connectivity index (χ0) is 34.6. The fourth-order valence-electron chi connectivity index (χ4n) is 8.53. The van der Waals surface area contributed by atoms with Gasteiger partial charge in [0, 0.05) is 17.1 Å². The van der Waals surface area contributed by atoms with Gasteiger partial charge in [-0.1, -0.05) is 151 Å². The van der Waals surface area contributed by atoms with Gasteiger partial charge in [0.2, 0.25) is 0 Å². The standard InChI is InChI=1S/C51H37N/c1-34-22-24-39(25-23-34)52(41-27-29-50-48-20-9-8-18-46(48)47-19-10-11-21-49(47)51(50)33-41)40-26-28-45-38(32-40)31-37-14-4-6-16-43(37)42-15-5-2-12-35(42)30-36-13-3-7-17-44(36)45/h2-29,32-33H,30-31H2,1H3. The molecule has 1 nitrogen and oxygen atoms in total. The van der Waals surface area contributed by atoms with Gasteiger partial charge < -0.3 is 4.90 Å². The summed E-state index contributed by atoms with van der Waals surface area (Å²) >= 11 is 0. The number of hydrogen-bond acceptors (Lipinski definition) is 1. The quantitative estimate of drug-likeness (QED) is 0.170. The number of anilines is 3. The lowest BCUT2D eigenvalue weighted by molar-refractivity contribution is 1.14. The van der Waals surface area contributed by atoms with Gasteiger partial charge >= 0.3 is 0 Å². The van der Waals surface area contributed by atoms with Gasteiger partial charge in [0.25, 0.3) is 0 Å². The van der Waals surface area contributed by atoms with Crippen LogP contribution in [0.2, 0.25) is 0 Å². The molecular weight excluding hydrogens is 627 g/mol. The molecule has 0 heterocycles. The Balaban J connectivity index is 1.21. The lowest BCUT2D eigenvalue weighted by atomic mass is 9.84. The van der Waals surface area contributed by atoms with Crippen LogP contribution in [-0.2, 0) is 12.8 Å². The summed E-state index contributed by atoms with van der Waals surface area (Å²) in [5, 5.41) is 7.70. The van der Waals surface area contributed by atoms with E-state index in [1.807, 2.05) is 0 Å². The average molecular weight is 664 g/mol. The zero-order valence-corrected chi connectivity index (χ0v) is 29.2. The van der Waals surface area contributed by atoms with Crippen molar-refractivity contribution in [2.75, 3.05) is 4.90 Å². The van der Waals surface area contributed by atoms with E-state index in [-0.39, 0.29) is 0 Å². The summed E-state index contributed by atoms with van der Waals surface area (Å²) in [6.45, 7) is 2.16. The summed E-state index contributed by atoms with van der Waals surface area (Å²) < 4.78 is 0. The van der Waals surface area contributed by atoms with Gasteiger partial charge in [-0.3, -0.25) is 0 Å². The van der Waals surface area contributed by atoms with E-state index in [0.29, 0.717) is 0 Å². The minimum atomic E-state index is 0.831. The number of benzene rings is 9. The predicted molar refractivity (Wildman–Crippen MR) is 221 cm³/mol. The van der Waals surface area contributed by atoms with Crippen LogP contribution < -0.4 is 4.90 Å². The van der Waals surface area contributed by atoms with Gasteiger partial charge in [-0.2, -0.15) is 0 Å². The van der Waals surface area contributed by atoms with E-state index in [0.717, 1.165) is 29.9 Å². The second kappa shape index (κ2) is 12.4. The van der Waals surface area contributed by atoms with E-state index < -0.39 is 0 Å². The van der Waals surface area contributed by atoms with Crippen LogP contribution in [0.15, 0.2) is 182 Å². The predicted octanol–water partition coefficient (Wildman–Crippen LogP) is 13.8. The fourth-order valence-corrected chi connectivity index (χ4v) is 8.53. The first-order chi connectivity index (χ1) is 25.7. The Morgan fingerprint density at radius 1 is 0.308 bits per heavy atom. The topological polar surface area (TPSA) is 3.24 Å². The van der Waals surface area contributed by atoms with E-state index in [1.54, 1.807) is 0 Å². The highest BCUT2D eigenvalue weighted by atomic mass is 15.1. The van der Waals surface area contributed by atoms with Crippen molar-refractivity contribution in [1.29, 1.82) is 0 Å². The molecule has 0 aliphatic heterocycles. The molecule has 0 unspecified atom stereocenters. The van der Waals surface area contributed by atoms with Crippen molar-refractivity contribution in [3.05, 3.63) is 210 Å². The second-order valence-electron chi connectivity index (χ2n) is 14.2. The summed E-state index contributed by atoms with van der Waals surface area (Å²) in [5.74, 6) is 0. The maximum Gasteiger partial charge on any atom is 0.0468 e. The molecule has 52 heavy (non-hydrogen) atoms. The molecule has 0 fully saturated rings. The molecule has 0 radical (unpaired) electrons. The first kappa shape index (κ1) is 30.4. The molecule has 0 spiro atoms. The lowest BCUT2D eigenvalue weighted by Gasteiger charge is -2.28. The number of hydrogen-bond donors (Lipinski definition) is 0. The molecule has 9 aromatic rings. The summed E-state index contributed by atoms with van der Waals surface area (Å²) in [6, 6.07) is 67.7. The molecule has 1 heteroatoms. The van der Waals surface area contributed by atoms with Crippen LogP contribution in [-0.4, -0.2) is 0 Å². The Labute approximate surface area is 305 Å². The van der Waals surface area contributed by atoms with Crippen LogP contribution in [0.3, 0.4) is 0 Å². The van der Waals surface area contributed by atoms with Gasteiger partial charge in [-0.15, -0.1) is 0 Å². The molecule has 1 aliphatic carbocycles. The van der Waals surface area contributed by atoms with Crippen molar-refractivity contribution in [1.82, 2.24) is 0 Å². The zero-order valence-electron chi connectivity index (χ0n) is 29.2. The summed E-state index contributed by atoms with van der Waals surface area (Å²) in [5.41, 5.74) is 15.3. The molecular formula is C51H37N. The Morgan fingerprint density at radius 3 is 1.25 bits per heavy atom. The molecule has 9 aromatic carbocycles. The highest BCUT2D eigenvalue weighted by Gasteiger charge is 2.21. The monoisotopic (exact) mass is 663 g/mol. The molecule has 0 bridgehead atoms. The molecule has 1 aliphatic rings. The van der Waals surface area contributed by atoms with Gasteiger partial charge in [-0.05, 0) is 133 Å². The summed E-state index contributed by atoms with van der Waals surface area (Å²) in [7, 11) is 0. The number of fused-ring (bicyclic) bond motifs is 12. The van der Waals surface area contributed by atoms with Crippen molar-refractivity contribution >= 4 is 49.4 Å². The van der Waals surface area contributed by atoms with Gasteiger partial charge in [0.05, 0.1) is 0 Å². The minimum absolute atomic E-state index is 0.831. The van der Waals surface area contributed by atoms with Crippen molar-refractivity contribution in [2.24, 2.45) is 0 Å². The smallest absolute Gasteiger partial charge is 0.0468 e. The van der Waals surface area contributed by atoms with Gasteiger partial charge in [0.1, 0.15) is 0 Å². The van der Waals surface area contributed by atoms with Crippen LogP contribution >= 0.6 is 0 Å². The van der Waals surface area contributed by atoms with E-state index in [4.69, 9.17) is 0 Å². The third-order valence-electron chi connectivity index (χ3n) is 11.0. The molecule has 10 rings (SSSR count). The van der Waals surface area contributed by atoms with Crippen LogP contribution in [0.1, 0.15) is 27.8 Å². The van der Waals surface area contributed by atoms with E-state index in [1.165, 1.54) is 82.4 Å². The fraction of sp³-hybridized carbons (Fsp3) is 0.0588. The molecule has 0 saturated heterocycles.